The first-order chi connectivity index (χ1) is 14.2. The van der Waals surface area contributed by atoms with Crippen LogP contribution in [0.2, 0.25) is 15.2 Å². The summed E-state index contributed by atoms with van der Waals surface area (Å²) < 4.78 is 1.13. The lowest BCUT2D eigenvalue weighted by atomic mass is 10.1. The molecule has 0 aliphatic heterocycles. The Balaban J connectivity index is 2.02. The number of carbonyl (C=O) groups is 2. The largest absolute Gasteiger partial charge is 0.341 e. The lowest BCUT2D eigenvalue weighted by Crippen LogP contribution is -2.29. The standard InChI is InChI=1S/C19H15Cl3IN5O2/c1-9-6-11(20)7-12(18(29)25-10(2)23)16(9)26-19(30)14-8-15(22)27-28(14)17-13(21)4-3-5-24-17/h3-8,10H,1-2H3,(H,25,29)(H,26,30). The Morgan fingerprint density at radius 1 is 1.17 bits per heavy atom. The SMILES string of the molecule is Cc1cc(Cl)cc(C(=O)NC(C)I)c1NC(=O)c1cc(Cl)nn1-c1ncccc1Cl. The second-order valence-corrected chi connectivity index (χ2v) is 9.36. The van der Waals surface area contributed by atoms with Crippen molar-refractivity contribution in [3.8, 4) is 5.82 Å². The predicted octanol–water partition coefficient (Wildman–Crippen LogP) is 5.30. The van der Waals surface area contributed by atoms with Crippen molar-refractivity contribution in [2.45, 2.75) is 17.9 Å². The first-order valence-corrected chi connectivity index (χ1v) is 11.0. The van der Waals surface area contributed by atoms with E-state index < -0.39 is 5.91 Å². The van der Waals surface area contributed by atoms with E-state index in [2.05, 4.69) is 43.3 Å². The molecule has 2 aromatic heterocycles. The summed E-state index contributed by atoms with van der Waals surface area (Å²) in [4.78, 5) is 29.9. The molecule has 7 nitrogen and oxygen atoms in total. The monoisotopic (exact) mass is 577 g/mol. The molecule has 0 fully saturated rings. The summed E-state index contributed by atoms with van der Waals surface area (Å²) in [7, 11) is 0. The molecule has 2 heterocycles. The zero-order valence-corrected chi connectivity index (χ0v) is 20.1. The number of anilines is 1. The van der Waals surface area contributed by atoms with E-state index in [1.165, 1.54) is 23.0 Å². The Morgan fingerprint density at radius 2 is 1.90 bits per heavy atom. The van der Waals surface area contributed by atoms with E-state index in [1.54, 1.807) is 25.1 Å². The summed E-state index contributed by atoms with van der Waals surface area (Å²) >= 11 is 20.4. The number of alkyl halides is 1. The van der Waals surface area contributed by atoms with Crippen molar-refractivity contribution in [3.63, 3.8) is 0 Å². The summed E-state index contributed by atoms with van der Waals surface area (Å²) in [5.41, 5.74) is 1.29. The van der Waals surface area contributed by atoms with Crippen LogP contribution < -0.4 is 10.6 Å². The number of benzene rings is 1. The fourth-order valence-electron chi connectivity index (χ4n) is 2.73. The molecule has 2 N–H and O–H groups in total. The molecule has 11 heteroatoms. The van der Waals surface area contributed by atoms with Crippen molar-refractivity contribution >= 4 is 74.9 Å². The first-order valence-electron chi connectivity index (χ1n) is 8.60. The van der Waals surface area contributed by atoms with Crippen LogP contribution in [0.1, 0.15) is 33.3 Å². The molecule has 3 rings (SSSR count). The number of hydrogen-bond acceptors (Lipinski definition) is 4. The Bertz CT molecular complexity index is 1130. The van der Waals surface area contributed by atoms with Crippen LogP contribution in [0.3, 0.4) is 0 Å². The van der Waals surface area contributed by atoms with Crippen molar-refractivity contribution in [2.75, 3.05) is 5.32 Å². The first kappa shape index (κ1) is 22.8. The van der Waals surface area contributed by atoms with Gasteiger partial charge in [-0.15, -0.1) is 0 Å². The van der Waals surface area contributed by atoms with Gasteiger partial charge in [0.1, 0.15) is 5.69 Å². The van der Waals surface area contributed by atoms with Crippen LogP contribution in [0.15, 0.2) is 36.5 Å². The molecule has 30 heavy (non-hydrogen) atoms. The highest BCUT2D eigenvalue weighted by Crippen LogP contribution is 2.28. The highest BCUT2D eigenvalue weighted by atomic mass is 127. The van der Waals surface area contributed by atoms with Gasteiger partial charge in [0.15, 0.2) is 11.0 Å². The number of aromatic nitrogens is 3. The molecule has 0 aliphatic rings. The number of rotatable bonds is 5. The maximum Gasteiger partial charge on any atom is 0.274 e. The highest BCUT2D eigenvalue weighted by Gasteiger charge is 2.22. The van der Waals surface area contributed by atoms with Crippen molar-refractivity contribution in [2.24, 2.45) is 0 Å². The average molecular weight is 579 g/mol. The number of nitrogens with zero attached hydrogens (tertiary/aromatic N) is 3. The van der Waals surface area contributed by atoms with Gasteiger partial charge in [-0.1, -0.05) is 57.4 Å². The lowest BCUT2D eigenvalue weighted by molar-refractivity contribution is 0.0954. The Morgan fingerprint density at radius 3 is 2.57 bits per heavy atom. The smallest absolute Gasteiger partial charge is 0.274 e. The van der Waals surface area contributed by atoms with Crippen LogP contribution in [0.4, 0.5) is 5.69 Å². The number of pyridine rings is 1. The molecule has 0 aliphatic carbocycles. The molecule has 2 amide bonds. The molecule has 1 aromatic carbocycles. The molecule has 0 spiro atoms. The number of amides is 2. The zero-order chi connectivity index (χ0) is 22.0. The minimum atomic E-state index is -0.543. The topological polar surface area (TPSA) is 88.9 Å². The van der Waals surface area contributed by atoms with Gasteiger partial charge in [-0.3, -0.25) is 9.59 Å². The van der Waals surface area contributed by atoms with Crippen LogP contribution in [-0.4, -0.2) is 30.6 Å². The fraction of sp³-hybridized carbons (Fsp3) is 0.158. The van der Waals surface area contributed by atoms with Gasteiger partial charge in [0.25, 0.3) is 11.8 Å². The molecule has 0 saturated carbocycles. The van der Waals surface area contributed by atoms with Crippen molar-refractivity contribution < 1.29 is 9.59 Å². The Kier molecular flexibility index (Phi) is 7.22. The van der Waals surface area contributed by atoms with Crippen molar-refractivity contribution in [1.82, 2.24) is 20.1 Å². The van der Waals surface area contributed by atoms with E-state index in [1.807, 2.05) is 6.92 Å². The maximum absolute atomic E-state index is 13.1. The molecule has 3 aromatic rings. The highest BCUT2D eigenvalue weighted by molar-refractivity contribution is 14.1. The predicted molar refractivity (Wildman–Crippen MR) is 126 cm³/mol. The van der Waals surface area contributed by atoms with Gasteiger partial charge in [0, 0.05) is 17.3 Å². The van der Waals surface area contributed by atoms with Gasteiger partial charge in [-0.05, 0) is 43.7 Å². The van der Waals surface area contributed by atoms with Crippen LogP contribution in [0.25, 0.3) is 5.82 Å². The van der Waals surface area contributed by atoms with Gasteiger partial charge < -0.3 is 10.6 Å². The number of hydrogen-bond donors (Lipinski definition) is 2. The summed E-state index contributed by atoms with van der Waals surface area (Å²) in [6.07, 6.45) is 1.52. The van der Waals surface area contributed by atoms with Crippen LogP contribution >= 0.6 is 57.4 Å². The number of aryl methyl sites for hydroxylation is 1. The van der Waals surface area contributed by atoms with E-state index in [9.17, 15) is 9.59 Å². The van der Waals surface area contributed by atoms with Gasteiger partial charge in [-0.2, -0.15) is 5.10 Å². The van der Waals surface area contributed by atoms with Crippen molar-refractivity contribution in [1.29, 1.82) is 0 Å². The third kappa shape index (κ3) is 5.05. The number of halogens is 4. The van der Waals surface area contributed by atoms with Gasteiger partial charge in [0.2, 0.25) is 0 Å². The quantitative estimate of drug-likeness (QED) is 0.244. The van der Waals surface area contributed by atoms with Crippen LogP contribution in [-0.2, 0) is 0 Å². The molecule has 0 saturated heterocycles. The number of nitrogens with one attached hydrogen (secondary N) is 2. The molecular weight excluding hydrogens is 564 g/mol. The molecule has 156 valence electrons. The molecular formula is C19H15Cl3IN5O2. The summed E-state index contributed by atoms with van der Waals surface area (Å²) in [6.45, 7) is 3.57. The van der Waals surface area contributed by atoms with Crippen LogP contribution in [0, 0.1) is 6.92 Å². The number of carbonyl (C=O) groups excluding carboxylic acids is 2. The third-order valence-electron chi connectivity index (χ3n) is 3.97. The third-order valence-corrected chi connectivity index (χ3v) is 4.97. The summed E-state index contributed by atoms with van der Waals surface area (Å²) in [6, 6.07) is 7.82. The summed E-state index contributed by atoms with van der Waals surface area (Å²) in [5.74, 6) is -0.657. The zero-order valence-electron chi connectivity index (χ0n) is 15.7. The maximum atomic E-state index is 13.1. The van der Waals surface area contributed by atoms with E-state index in [4.69, 9.17) is 34.8 Å². The fourth-order valence-corrected chi connectivity index (χ4v) is 3.67. The molecule has 0 bridgehead atoms. The van der Waals surface area contributed by atoms with Crippen LogP contribution in [0.5, 0.6) is 0 Å². The van der Waals surface area contributed by atoms with E-state index in [-0.39, 0.29) is 32.2 Å². The minimum Gasteiger partial charge on any atom is -0.341 e. The second kappa shape index (κ2) is 9.51. The molecule has 1 atom stereocenters. The van der Waals surface area contributed by atoms with Gasteiger partial charge in [-0.25, -0.2) is 9.67 Å². The minimum absolute atomic E-state index is 0.0893. The van der Waals surface area contributed by atoms with Gasteiger partial charge in [0.05, 0.1) is 20.3 Å². The normalized spacial score (nSPS) is 11.8. The van der Waals surface area contributed by atoms with E-state index in [0.29, 0.717) is 21.3 Å². The molecule has 0 radical (unpaired) electrons. The Labute approximate surface area is 201 Å². The summed E-state index contributed by atoms with van der Waals surface area (Å²) in [5, 5.41) is 10.4. The second-order valence-electron chi connectivity index (χ2n) is 6.26. The average Bonchev–Trinajstić information content (AvgIpc) is 3.05. The lowest BCUT2D eigenvalue weighted by Gasteiger charge is -2.16. The van der Waals surface area contributed by atoms with E-state index in [0.717, 1.165) is 0 Å². The Hall–Kier alpha value is -1.88. The van der Waals surface area contributed by atoms with Crippen molar-refractivity contribution in [3.05, 3.63) is 68.5 Å². The van der Waals surface area contributed by atoms with Gasteiger partial charge >= 0.3 is 0 Å². The molecule has 1 unspecified atom stereocenters. The van der Waals surface area contributed by atoms with E-state index >= 15 is 0 Å².